The Hall–Kier alpha value is -2.02. The van der Waals surface area contributed by atoms with Crippen LogP contribution in [0.15, 0.2) is 41.5 Å². The molecule has 0 heterocycles. The van der Waals surface area contributed by atoms with Crippen molar-refractivity contribution >= 4 is 46.7 Å². The van der Waals surface area contributed by atoms with Gasteiger partial charge in [-0.3, -0.25) is 5.43 Å². The summed E-state index contributed by atoms with van der Waals surface area (Å²) in [6.45, 7) is 2.94. The molecule has 26 heavy (non-hydrogen) atoms. The zero-order chi connectivity index (χ0) is 18.9. The Morgan fingerprint density at radius 3 is 2.77 bits per heavy atom. The number of hydrazone groups is 1. The number of hydrogen-bond donors (Lipinski definition) is 2. The Morgan fingerprint density at radius 2 is 2.08 bits per heavy atom. The minimum Gasteiger partial charge on any atom is -0.493 e. The van der Waals surface area contributed by atoms with E-state index < -0.39 is 0 Å². The van der Waals surface area contributed by atoms with Crippen LogP contribution in [-0.2, 0) is 6.61 Å². The summed E-state index contributed by atoms with van der Waals surface area (Å²) in [5.41, 5.74) is 4.30. The zero-order valence-corrected chi connectivity index (χ0v) is 16.7. The molecule has 0 aliphatic heterocycles. The van der Waals surface area contributed by atoms with Gasteiger partial charge in [-0.25, -0.2) is 0 Å². The molecule has 0 saturated heterocycles. The second-order valence-corrected chi connectivity index (χ2v) is 6.38. The first-order valence-corrected chi connectivity index (χ1v) is 9.02. The fraction of sp³-hybridized carbons (Fsp3) is 0.222. The van der Waals surface area contributed by atoms with Crippen molar-refractivity contribution < 1.29 is 9.47 Å². The van der Waals surface area contributed by atoms with Crippen LogP contribution in [0.2, 0.25) is 10.0 Å². The van der Waals surface area contributed by atoms with E-state index in [-0.39, 0.29) is 6.61 Å². The van der Waals surface area contributed by atoms with E-state index in [1.807, 2.05) is 31.2 Å². The molecule has 0 radical (unpaired) electrons. The molecule has 0 amide bonds. The monoisotopic (exact) mass is 411 g/mol. The van der Waals surface area contributed by atoms with Crippen LogP contribution in [0.5, 0.6) is 11.5 Å². The number of benzene rings is 2. The van der Waals surface area contributed by atoms with Gasteiger partial charge in [0.25, 0.3) is 0 Å². The van der Waals surface area contributed by atoms with Gasteiger partial charge in [0.05, 0.1) is 13.3 Å². The van der Waals surface area contributed by atoms with E-state index >= 15 is 0 Å². The maximum absolute atomic E-state index is 6.20. The average molecular weight is 412 g/mol. The predicted molar refractivity (Wildman–Crippen MR) is 111 cm³/mol. The quantitative estimate of drug-likeness (QED) is 0.401. The van der Waals surface area contributed by atoms with Crippen molar-refractivity contribution in [3.63, 3.8) is 0 Å². The van der Waals surface area contributed by atoms with E-state index in [1.54, 1.807) is 25.5 Å². The van der Waals surface area contributed by atoms with E-state index in [2.05, 4.69) is 15.8 Å². The Labute approximate surface area is 168 Å². The van der Waals surface area contributed by atoms with Crippen molar-refractivity contribution in [2.45, 2.75) is 13.5 Å². The topological polar surface area (TPSA) is 54.9 Å². The van der Waals surface area contributed by atoms with E-state index in [0.29, 0.717) is 26.7 Å². The summed E-state index contributed by atoms with van der Waals surface area (Å²) in [6, 6.07) is 10.8. The molecular formula is C18H19Cl2N3O2S. The van der Waals surface area contributed by atoms with Crippen LogP contribution in [0.1, 0.15) is 18.1 Å². The van der Waals surface area contributed by atoms with Crippen molar-refractivity contribution in [2.75, 3.05) is 13.7 Å². The number of thiocarbonyl (C=S) groups is 1. The van der Waals surface area contributed by atoms with E-state index in [9.17, 15) is 0 Å². The minimum absolute atomic E-state index is 0.264. The lowest BCUT2D eigenvalue weighted by atomic mass is 10.2. The SMILES string of the molecule is CCNC(=S)NN=Cc1cccc(OC)c1OCc1ccc(Cl)cc1Cl. The third kappa shape index (κ3) is 5.76. The Balaban J connectivity index is 2.17. The normalized spacial score (nSPS) is 10.6. The van der Waals surface area contributed by atoms with E-state index in [1.165, 1.54) is 0 Å². The van der Waals surface area contributed by atoms with Gasteiger partial charge in [-0.15, -0.1) is 0 Å². The van der Waals surface area contributed by atoms with Crippen molar-refractivity contribution in [1.29, 1.82) is 0 Å². The van der Waals surface area contributed by atoms with Crippen LogP contribution < -0.4 is 20.2 Å². The molecule has 0 atom stereocenters. The van der Waals surface area contributed by atoms with Crippen LogP contribution in [0.25, 0.3) is 0 Å². The highest BCUT2D eigenvalue weighted by Crippen LogP contribution is 2.31. The van der Waals surface area contributed by atoms with E-state index in [0.717, 1.165) is 17.7 Å². The van der Waals surface area contributed by atoms with Gasteiger partial charge in [0.1, 0.15) is 6.61 Å². The molecule has 0 spiro atoms. The first-order chi connectivity index (χ1) is 12.5. The number of methoxy groups -OCH3 is 1. The summed E-state index contributed by atoms with van der Waals surface area (Å²) in [7, 11) is 1.58. The van der Waals surface area contributed by atoms with Gasteiger partial charge in [0.2, 0.25) is 0 Å². The minimum atomic E-state index is 0.264. The van der Waals surface area contributed by atoms with Crippen molar-refractivity contribution in [3.8, 4) is 11.5 Å². The molecule has 5 nitrogen and oxygen atoms in total. The highest BCUT2D eigenvalue weighted by atomic mass is 35.5. The average Bonchev–Trinajstić information content (AvgIpc) is 2.61. The Kier molecular flexibility index (Phi) is 7.97. The number of para-hydroxylation sites is 1. The molecule has 0 saturated carbocycles. The van der Waals surface area contributed by atoms with Gasteiger partial charge >= 0.3 is 0 Å². The van der Waals surface area contributed by atoms with Crippen LogP contribution in [0.4, 0.5) is 0 Å². The molecule has 2 rings (SSSR count). The summed E-state index contributed by atoms with van der Waals surface area (Å²) in [6.07, 6.45) is 1.62. The Bertz CT molecular complexity index is 800. The van der Waals surface area contributed by atoms with Crippen molar-refractivity contribution in [3.05, 3.63) is 57.6 Å². The van der Waals surface area contributed by atoms with Crippen molar-refractivity contribution in [1.82, 2.24) is 10.7 Å². The molecule has 0 fully saturated rings. The maximum Gasteiger partial charge on any atom is 0.186 e. The second-order valence-electron chi connectivity index (χ2n) is 5.13. The standard InChI is InChI=1S/C18H19Cl2N3O2S/c1-3-21-18(26)23-22-10-12-5-4-6-16(24-2)17(12)25-11-13-7-8-14(19)9-15(13)20/h4-10H,3,11H2,1-2H3,(H2,21,23,26). The lowest BCUT2D eigenvalue weighted by Gasteiger charge is -2.14. The highest BCUT2D eigenvalue weighted by molar-refractivity contribution is 7.80. The molecule has 2 N–H and O–H groups in total. The fourth-order valence-corrected chi connectivity index (χ4v) is 2.76. The van der Waals surface area contributed by atoms with Crippen LogP contribution in [0.3, 0.4) is 0 Å². The summed E-state index contributed by atoms with van der Waals surface area (Å²) in [4.78, 5) is 0. The van der Waals surface area contributed by atoms with Gasteiger partial charge < -0.3 is 14.8 Å². The molecule has 0 aromatic heterocycles. The molecule has 2 aromatic carbocycles. The number of nitrogens with zero attached hydrogens (tertiary/aromatic N) is 1. The first kappa shape index (κ1) is 20.3. The number of nitrogens with one attached hydrogen (secondary N) is 2. The number of halogens is 2. The third-order valence-electron chi connectivity index (χ3n) is 3.32. The largest absolute Gasteiger partial charge is 0.493 e. The maximum atomic E-state index is 6.20. The van der Waals surface area contributed by atoms with Gasteiger partial charge in [0.15, 0.2) is 16.6 Å². The molecular weight excluding hydrogens is 393 g/mol. The number of rotatable bonds is 7. The lowest BCUT2D eigenvalue weighted by Crippen LogP contribution is -2.31. The third-order valence-corrected chi connectivity index (χ3v) is 4.15. The van der Waals surface area contributed by atoms with Crippen molar-refractivity contribution in [2.24, 2.45) is 5.10 Å². The molecule has 0 bridgehead atoms. The van der Waals surface area contributed by atoms with Gasteiger partial charge in [0, 0.05) is 27.7 Å². The molecule has 0 aliphatic carbocycles. The highest BCUT2D eigenvalue weighted by Gasteiger charge is 2.11. The Morgan fingerprint density at radius 1 is 1.27 bits per heavy atom. The number of ether oxygens (including phenoxy) is 2. The van der Waals surface area contributed by atoms with Gasteiger partial charge in [-0.1, -0.05) is 35.3 Å². The van der Waals surface area contributed by atoms with Crippen LogP contribution in [0, 0.1) is 0 Å². The fourth-order valence-electron chi connectivity index (χ4n) is 2.10. The van der Waals surface area contributed by atoms with Gasteiger partial charge in [-0.05, 0) is 43.4 Å². The van der Waals surface area contributed by atoms with Crippen LogP contribution >= 0.6 is 35.4 Å². The smallest absolute Gasteiger partial charge is 0.186 e. The zero-order valence-electron chi connectivity index (χ0n) is 14.4. The van der Waals surface area contributed by atoms with Crippen LogP contribution in [-0.4, -0.2) is 25.0 Å². The predicted octanol–water partition coefficient (Wildman–Crippen LogP) is 4.40. The summed E-state index contributed by atoms with van der Waals surface area (Å²) < 4.78 is 11.3. The first-order valence-electron chi connectivity index (χ1n) is 7.85. The van der Waals surface area contributed by atoms with Gasteiger partial charge in [-0.2, -0.15) is 5.10 Å². The summed E-state index contributed by atoms with van der Waals surface area (Å²) >= 11 is 17.2. The lowest BCUT2D eigenvalue weighted by molar-refractivity contribution is 0.284. The summed E-state index contributed by atoms with van der Waals surface area (Å²) in [5.74, 6) is 1.15. The van der Waals surface area contributed by atoms with E-state index in [4.69, 9.17) is 44.9 Å². The molecule has 138 valence electrons. The number of hydrogen-bond acceptors (Lipinski definition) is 4. The molecule has 0 aliphatic rings. The molecule has 2 aromatic rings. The molecule has 8 heteroatoms. The second kappa shape index (κ2) is 10.2. The summed E-state index contributed by atoms with van der Waals surface area (Å²) in [5, 5.41) is 8.64. The molecule has 0 unspecified atom stereocenters.